The molecular weight excluding hydrogens is 765 g/mol. The molecule has 286 valence electrons. The quantitative estimate of drug-likeness (QED) is 0.111. The Morgan fingerprint density at radius 3 is 0.804 bits per heavy atom. The van der Waals surface area contributed by atoms with Crippen molar-refractivity contribution < 1.29 is 10.2 Å². The predicted molar refractivity (Wildman–Crippen MR) is 246 cm³/mol. The zero-order chi connectivity index (χ0) is 39.1. The van der Waals surface area contributed by atoms with Gasteiger partial charge >= 0.3 is 0 Å². The van der Waals surface area contributed by atoms with Crippen LogP contribution >= 0.6 is 45.3 Å². The van der Waals surface area contributed by atoms with Crippen LogP contribution in [0.5, 0.6) is 0 Å². The van der Waals surface area contributed by atoms with E-state index in [1.54, 1.807) is 45.3 Å². The molecule has 0 unspecified atom stereocenters. The Hall–Kier alpha value is -4.22. The van der Waals surface area contributed by atoms with Crippen molar-refractivity contribution in [2.75, 3.05) is 26.2 Å². The number of hydrogen-bond donors (Lipinski definition) is 4. The zero-order valence-electron chi connectivity index (χ0n) is 32.2. The van der Waals surface area contributed by atoms with Gasteiger partial charge in [-0.05, 0) is 107 Å². The summed E-state index contributed by atoms with van der Waals surface area (Å²) in [6, 6.07) is 49.6. The maximum absolute atomic E-state index is 12.9. The van der Waals surface area contributed by atoms with Crippen LogP contribution in [0.2, 0.25) is 0 Å². The Morgan fingerprint density at radius 2 is 0.607 bits per heavy atom. The fourth-order valence-electron chi connectivity index (χ4n) is 6.91. The predicted octanol–water partition coefficient (Wildman–Crippen LogP) is 12.3. The van der Waals surface area contributed by atoms with E-state index in [9.17, 15) is 10.2 Å². The summed E-state index contributed by atoms with van der Waals surface area (Å²) in [5.41, 5.74) is -1.19. The topological polar surface area (TPSA) is 64.5 Å². The van der Waals surface area contributed by atoms with Crippen LogP contribution in [-0.4, -0.2) is 36.4 Å². The van der Waals surface area contributed by atoms with Crippen LogP contribution in [0.1, 0.15) is 58.3 Å². The summed E-state index contributed by atoms with van der Waals surface area (Å²) in [5.74, 6) is 0. The lowest BCUT2D eigenvalue weighted by Gasteiger charge is -2.30. The Labute approximate surface area is 345 Å². The second kappa shape index (κ2) is 17.9. The molecule has 0 amide bonds. The SMILES string of the molecule is CCNCC.CCNCC.OC(c1ccc(C(O)(c2cc3ccccc3s2)c2cc3ccccc3s2)cc1)(c1cc2ccccc2s1)c1cc2ccccc2s1. The van der Waals surface area contributed by atoms with E-state index in [0.29, 0.717) is 0 Å². The van der Waals surface area contributed by atoms with Crippen LogP contribution in [0, 0.1) is 0 Å². The van der Waals surface area contributed by atoms with Gasteiger partial charge in [0.1, 0.15) is 0 Å². The van der Waals surface area contributed by atoms with Gasteiger partial charge in [-0.25, -0.2) is 0 Å². The molecule has 0 radical (unpaired) electrons. The molecule has 5 aromatic carbocycles. The molecule has 0 fully saturated rings. The Balaban J connectivity index is 0.000000431. The van der Waals surface area contributed by atoms with E-state index in [1.807, 2.05) is 72.8 Å². The van der Waals surface area contributed by atoms with Crippen molar-refractivity contribution in [2.45, 2.75) is 38.9 Å². The Bertz CT molecular complexity index is 2180. The lowest BCUT2D eigenvalue weighted by atomic mass is 9.85. The van der Waals surface area contributed by atoms with E-state index in [0.717, 1.165) is 97.2 Å². The lowest BCUT2D eigenvalue weighted by molar-refractivity contribution is 0.130. The number of rotatable bonds is 10. The Kier molecular flexibility index (Phi) is 12.8. The molecule has 4 N–H and O–H groups in total. The first-order valence-corrected chi connectivity index (χ1v) is 22.5. The number of fused-ring (bicyclic) bond motifs is 4. The van der Waals surface area contributed by atoms with Gasteiger partial charge in [-0.15, -0.1) is 45.3 Å². The van der Waals surface area contributed by atoms with Gasteiger partial charge < -0.3 is 20.8 Å². The second-order valence-corrected chi connectivity index (χ2v) is 17.8. The fraction of sp³-hybridized carbons (Fsp3) is 0.208. The minimum absolute atomic E-state index is 0.768. The highest BCUT2D eigenvalue weighted by atomic mass is 32.1. The van der Waals surface area contributed by atoms with Crippen molar-refractivity contribution in [2.24, 2.45) is 0 Å². The van der Waals surface area contributed by atoms with Crippen LogP contribution in [-0.2, 0) is 11.2 Å². The van der Waals surface area contributed by atoms with E-state index in [1.165, 1.54) is 0 Å². The minimum Gasteiger partial charge on any atom is -0.374 e. The van der Waals surface area contributed by atoms with Crippen LogP contribution in [0.3, 0.4) is 0 Å². The maximum atomic E-state index is 12.9. The molecule has 0 atom stereocenters. The van der Waals surface area contributed by atoms with Crippen molar-refractivity contribution >= 4 is 85.7 Å². The van der Waals surface area contributed by atoms with Gasteiger partial charge in [0.25, 0.3) is 0 Å². The average molecular weight is 813 g/mol. The third-order valence-electron chi connectivity index (χ3n) is 9.85. The highest BCUT2D eigenvalue weighted by Crippen LogP contribution is 2.49. The molecule has 0 saturated heterocycles. The summed E-state index contributed by atoms with van der Waals surface area (Å²) in [4.78, 5) is 3.49. The first kappa shape index (κ1) is 40.0. The molecule has 56 heavy (non-hydrogen) atoms. The van der Waals surface area contributed by atoms with E-state index in [2.05, 4.69) is 111 Å². The van der Waals surface area contributed by atoms with Gasteiger partial charge in [0, 0.05) is 38.3 Å². The molecule has 0 saturated carbocycles. The first-order valence-electron chi connectivity index (χ1n) is 19.3. The molecule has 9 rings (SSSR count). The lowest BCUT2D eigenvalue weighted by Crippen LogP contribution is -2.29. The molecule has 4 heterocycles. The number of nitrogens with one attached hydrogen (secondary N) is 2. The zero-order valence-corrected chi connectivity index (χ0v) is 35.5. The summed E-state index contributed by atoms with van der Waals surface area (Å²) in [5, 5.41) is 36.5. The summed E-state index contributed by atoms with van der Waals surface area (Å²) in [6.45, 7) is 12.8. The Morgan fingerprint density at radius 1 is 0.375 bits per heavy atom. The van der Waals surface area contributed by atoms with Gasteiger partial charge in [0.05, 0.1) is 0 Å². The van der Waals surface area contributed by atoms with E-state index >= 15 is 0 Å². The monoisotopic (exact) mass is 812 g/mol. The molecule has 0 bridgehead atoms. The van der Waals surface area contributed by atoms with Crippen LogP contribution in [0.4, 0.5) is 0 Å². The molecule has 4 aromatic heterocycles. The second-order valence-electron chi connectivity index (χ2n) is 13.5. The number of thiophene rings is 4. The highest BCUT2D eigenvalue weighted by molar-refractivity contribution is 7.21. The smallest absolute Gasteiger partial charge is 0.158 e. The fourth-order valence-corrected chi connectivity index (χ4v) is 11.8. The van der Waals surface area contributed by atoms with E-state index < -0.39 is 11.2 Å². The van der Waals surface area contributed by atoms with Gasteiger partial charge in [-0.3, -0.25) is 0 Å². The van der Waals surface area contributed by atoms with E-state index in [-0.39, 0.29) is 0 Å². The summed E-state index contributed by atoms with van der Waals surface area (Å²) in [6.07, 6.45) is 0. The van der Waals surface area contributed by atoms with Gasteiger partial charge in [-0.1, -0.05) is 125 Å². The summed E-state index contributed by atoms with van der Waals surface area (Å²) >= 11 is 6.49. The largest absolute Gasteiger partial charge is 0.374 e. The van der Waals surface area contributed by atoms with Crippen molar-refractivity contribution in [3.05, 3.63) is 176 Å². The van der Waals surface area contributed by atoms with Gasteiger partial charge in [-0.2, -0.15) is 0 Å². The van der Waals surface area contributed by atoms with Crippen molar-refractivity contribution in [3.8, 4) is 0 Å². The number of benzene rings is 5. The summed E-state index contributed by atoms with van der Waals surface area (Å²) < 4.78 is 4.55. The standard InChI is InChI=1S/C40H26O2S4.2C4H11N/c41-39(35-21-25-9-1-5-13-31(25)43-35,36-22-26-10-2-6-14-32(26)44-36)29-17-19-30(20-18-29)40(42,37-23-27-11-3-7-15-33(27)45-37)38-24-28-12-4-8-16-34(28)46-38;2*1-3-5-4-2/h1-24,41-42H;2*5H,3-4H2,1-2H3. The van der Waals surface area contributed by atoms with Gasteiger partial charge in [0.15, 0.2) is 11.2 Å². The third kappa shape index (κ3) is 7.99. The van der Waals surface area contributed by atoms with Gasteiger partial charge in [0.2, 0.25) is 0 Å². The number of aliphatic hydroxyl groups is 2. The molecule has 0 aliphatic carbocycles. The maximum Gasteiger partial charge on any atom is 0.158 e. The van der Waals surface area contributed by atoms with Crippen LogP contribution < -0.4 is 10.6 Å². The molecule has 4 nitrogen and oxygen atoms in total. The van der Waals surface area contributed by atoms with E-state index in [4.69, 9.17) is 0 Å². The first-order chi connectivity index (χ1) is 27.3. The third-order valence-corrected chi connectivity index (χ3v) is 14.7. The molecule has 9 aromatic rings. The number of hydrogen-bond acceptors (Lipinski definition) is 8. The highest BCUT2D eigenvalue weighted by Gasteiger charge is 2.40. The average Bonchev–Trinajstić information content (AvgIpc) is 4.06. The molecular formula is C48H48N2O2S4. The normalized spacial score (nSPS) is 11.8. The van der Waals surface area contributed by atoms with Crippen LogP contribution in [0.25, 0.3) is 40.3 Å². The molecule has 0 aliphatic rings. The van der Waals surface area contributed by atoms with Crippen molar-refractivity contribution in [3.63, 3.8) is 0 Å². The van der Waals surface area contributed by atoms with Crippen molar-refractivity contribution in [1.82, 2.24) is 10.6 Å². The van der Waals surface area contributed by atoms with Crippen LogP contribution in [0.15, 0.2) is 146 Å². The molecule has 0 spiro atoms. The molecule has 8 heteroatoms. The summed E-state index contributed by atoms with van der Waals surface area (Å²) in [7, 11) is 0. The molecule has 0 aliphatic heterocycles. The minimum atomic E-state index is -1.36. The van der Waals surface area contributed by atoms with Crippen molar-refractivity contribution in [1.29, 1.82) is 0 Å².